The minimum Gasteiger partial charge on any atom is -0.345 e. The van der Waals surface area contributed by atoms with Crippen LogP contribution in [0, 0.1) is 12.9 Å². The fourth-order valence-electron chi connectivity index (χ4n) is 1.49. The van der Waals surface area contributed by atoms with Gasteiger partial charge in [-0.05, 0) is 30.7 Å². The molecule has 2 rings (SSSR count). The van der Waals surface area contributed by atoms with E-state index in [4.69, 9.17) is 0 Å². The number of carbonyl (C=O) groups is 1. The number of nitrogens with one attached hydrogen (secondary N) is 1. The molecule has 0 atom stereocenters. The zero-order chi connectivity index (χ0) is 13.0. The molecule has 0 bridgehead atoms. The number of rotatable bonds is 3. The number of pyridine rings is 2. The fourth-order valence-corrected chi connectivity index (χ4v) is 1.49. The van der Waals surface area contributed by atoms with Crippen LogP contribution in [-0.4, -0.2) is 15.9 Å². The van der Waals surface area contributed by atoms with Crippen molar-refractivity contribution in [2.75, 3.05) is 0 Å². The summed E-state index contributed by atoms with van der Waals surface area (Å²) in [6.07, 6.45) is 1.66. The van der Waals surface area contributed by atoms with Crippen molar-refractivity contribution < 1.29 is 9.18 Å². The number of amides is 1. The van der Waals surface area contributed by atoms with Gasteiger partial charge in [-0.15, -0.1) is 0 Å². The van der Waals surface area contributed by atoms with Gasteiger partial charge in [-0.25, -0.2) is 4.98 Å². The third-order valence-corrected chi connectivity index (χ3v) is 2.48. The topological polar surface area (TPSA) is 54.9 Å². The number of aryl methyl sites for hydroxylation is 1. The van der Waals surface area contributed by atoms with E-state index in [1.807, 2.05) is 19.1 Å². The molecule has 0 aromatic carbocycles. The monoisotopic (exact) mass is 245 g/mol. The highest BCUT2D eigenvalue weighted by molar-refractivity contribution is 5.92. The largest absolute Gasteiger partial charge is 0.345 e. The Morgan fingerprint density at radius 3 is 2.89 bits per heavy atom. The van der Waals surface area contributed by atoms with Gasteiger partial charge in [0.25, 0.3) is 5.91 Å². The molecule has 0 saturated carbocycles. The molecule has 0 spiro atoms. The van der Waals surface area contributed by atoms with Crippen LogP contribution in [0.3, 0.4) is 0 Å². The molecular formula is C13H12FN3O. The van der Waals surface area contributed by atoms with E-state index in [2.05, 4.69) is 15.3 Å². The first-order chi connectivity index (χ1) is 8.66. The van der Waals surface area contributed by atoms with E-state index in [0.717, 1.165) is 11.3 Å². The van der Waals surface area contributed by atoms with E-state index in [0.29, 0.717) is 6.54 Å². The Hall–Kier alpha value is -2.30. The van der Waals surface area contributed by atoms with Crippen LogP contribution >= 0.6 is 0 Å². The zero-order valence-corrected chi connectivity index (χ0v) is 9.85. The summed E-state index contributed by atoms with van der Waals surface area (Å²) in [5, 5.41) is 2.65. The number of aromatic nitrogens is 2. The van der Waals surface area contributed by atoms with Crippen molar-refractivity contribution in [3.8, 4) is 0 Å². The quantitative estimate of drug-likeness (QED) is 0.840. The van der Waals surface area contributed by atoms with E-state index in [1.165, 1.54) is 18.2 Å². The first kappa shape index (κ1) is 12.2. The van der Waals surface area contributed by atoms with Crippen LogP contribution in [0.2, 0.25) is 0 Å². The van der Waals surface area contributed by atoms with Crippen LogP contribution in [0.15, 0.2) is 36.5 Å². The van der Waals surface area contributed by atoms with Crippen LogP contribution in [-0.2, 0) is 6.54 Å². The summed E-state index contributed by atoms with van der Waals surface area (Å²) in [5.74, 6) is -1.09. The van der Waals surface area contributed by atoms with Gasteiger partial charge in [0.2, 0.25) is 5.95 Å². The predicted molar refractivity (Wildman–Crippen MR) is 64.3 cm³/mol. The van der Waals surface area contributed by atoms with Crippen molar-refractivity contribution in [3.05, 3.63) is 59.4 Å². The maximum absolute atomic E-state index is 12.9. The Morgan fingerprint density at radius 2 is 2.17 bits per heavy atom. The summed E-state index contributed by atoms with van der Waals surface area (Å²) in [4.78, 5) is 19.4. The highest BCUT2D eigenvalue weighted by Gasteiger charge is 2.08. The van der Waals surface area contributed by atoms with E-state index in [9.17, 15) is 9.18 Å². The minimum atomic E-state index is -0.670. The van der Waals surface area contributed by atoms with E-state index in [-0.39, 0.29) is 5.69 Å². The van der Waals surface area contributed by atoms with Gasteiger partial charge in [0.1, 0.15) is 5.69 Å². The van der Waals surface area contributed by atoms with Crippen molar-refractivity contribution in [1.82, 2.24) is 15.3 Å². The Balaban J connectivity index is 2.03. The number of hydrogen-bond acceptors (Lipinski definition) is 3. The van der Waals surface area contributed by atoms with Crippen molar-refractivity contribution >= 4 is 5.91 Å². The summed E-state index contributed by atoms with van der Waals surface area (Å²) < 4.78 is 12.9. The van der Waals surface area contributed by atoms with Crippen LogP contribution in [0.4, 0.5) is 4.39 Å². The third-order valence-electron chi connectivity index (χ3n) is 2.48. The predicted octanol–water partition coefficient (Wildman–Crippen LogP) is 1.85. The summed E-state index contributed by atoms with van der Waals surface area (Å²) >= 11 is 0. The second-order valence-electron chi connectivity index (χ2n) is 3.80. The number of nitrogens with zero attached hydrogens (tertiary/aromatic N) is 2. The lowest BCUT2D eigenvalue weighted by Gasteiger charge is -2.06. The van der Waals surface area contributed by atoms with Gasteiger partial charge in [0, 0.05) is 6.20 Å². The average Bonchev–Trinajstić information content (AvgIpc) is 2.37. The van der Waals surface area contributed by atoms with Gasteiger partial charge in [-0.3, -0.25) is 9.78 Å². The highest BCUT2D eigenvalue weighted by Crippen LogP contribution is 2.03. The Labute approximate surface area is 104 Å². The summed E-state index contributed by atoms with van der Waals surface area (Å²) in [6.45, 7) is 2.21. The maximum atomic E-state index is 12.9. The van der Waals surface area contributed by atoms with Crippen molar-refractivity contribution in [2.24, 2.45) is 0 Å². The molecule has 2 heterocycles. The van der Waals surface area contributed by atoms with E-state index in [1.54, 1.807) is 6.20 Å². The first-order valence-electron chi connectivity index (χ1n) is 5.48. The molecule has 92 valence electrons. The Kier molecular flexibility index (Phi) is 3.62. The van der Waals surface area contributed by atoms with Gasteiger partial charge in [-0.1, -0.05) is 12.1 Å². The average molecular weight is 245 g/mol. The molecule has 1 N–H and O–H groups in total. The van der Waals surface area contributed by atoms with Crippen molar-refractivity contribution in [3.63, 3.8) is 0 Å². The van der Waals surface area contributed by atoms with Gasteiger partial charge < -0.3 is 5.32 Å². The molecule has 18 heavy (non-hydrogen) atoms. The second kappa shape index (κ2) is 5.35. The van der Waals surface area contributed by atoms with Gasteiger partial charge in [0.15, 0.2) is 0 Å². The van der Waals surface area contributed by atoms with E-state index >= 15 is 0 Å². The fraction of sp³-hybridized carbons (Fsp3) is 0.154. The molecule has 0 saturated heterocycles. The van der Waals surface area contributed by atoms with Crippen LogP contribution in [0.25, 0.3) is 0 Å². The van der Waals surface area contributed by atoms with Crippen molar-refractivity contribution in [1.29, 1.82) is 0 Å². The molecule has 0 aliphatic carbocycles. The maximum Gasteiger partial charge on any atom is 0.270 e. The Bertz CT molecular complexity index is 572. The molecule has 0 unspecified atom stereocenters. The van der Waals surface area contributed by atoms with Crippen molar-refractivity contribution in [2.45, 2.75) is 13.5 Å². The summed E-state index contributed by atoms with van der Waals surface area (Å²) in [5.41, 5.74) is 1.83. The standard InChI is InChI=1S/C13H12FN3O/c1-9-4-3-7-15-11(9)8-16-13(18)10-5-2-6-12(14)17-10/h2-7H,8H2,1H3,(H,16,18). The number of hydrogen-bond donors (Lipinski definition) is 1. The molecule has 1 amide bonds. The lowest BCUT2D eigenvalue weighted by molar-refractivity contribution is 0.0944. The minimum absolute atomic E-state index is 0.0589. The summed E-state index contributed by atoms with van der Waals surface area (Å²) in [6, 6.07) is 7.84. The van der Waals surface area contributed by atoms with Gasteiger partial charge in [0.05, 0.1) is 12.2 Å². The smallest absolute Gasteiger partial charge is 0.270 e. The van der Waals surface area contributed by atoms with Gasteiger partial charge in [-0.2, -0.15) is 4.39 Å². The molecule has 0 radical (unpaired) electrons. The van der Waals surface area contributed by atoms with Crippen LogP contribution < -0.4 is 5.32 Å². The molecule has 0 aliphatic heterocycles. The SMILES string of the molecule is Cc1cccnc1CNC(=O)c1cccc(F)n1. The second-order valence-corrected chi connectivity index (χ2v) is 3.80. The molecule has 4 nitrogen and oxygen atoms in total. The van der Waals surface area contributed by atoms with E-state index < -0.39 is 11.9 Å². The molecular weight excluding hydrogens is 233 g/mol. The Morgan fingerprint density at radius 1 is 1.33 bits per heavy atom. The van der Waals surface area contributed by atoms with Crippen LogP contribution in [0.1, 0.15) is 21.7 Å². The lowest BCUT2D eigenvalue weighted by atomic mass is 10.2. The molecule has 0 fully saturated rings. The summed E-state index contributed by atoms with van der Waals surface area (Å²) in [7, 11) is 0. The highest BCUT2D eigenvalue weighted by atomic mass is 19.1. The molecule has 5 heteroatoms. The molecule has 2 aromatic heterocycles. The van der Waals surface area contributed by atoms with Gasteiger partial charge >= 0.3 is 0 Å². The zero-order valence-electron chi connectivity index (χ0n) is 9.85. The lowest BCUT2D eigenvalue weighted by Crippen LogP contribution is -2.24. The third kappa shape index (κ3) is 2.88. The molecule has 0 aliphatic rings. The molecule has 2 aromatic rings. The number of halogens is 1. The van der Waals surface area contributed by atoms with Crippen LogP contribution in [0.5, 0.6) is 0 Å². The normalized spacial score (nSPS) is 10.1. The first-order valence-corrected chi connectivity index (χ1v) is 5.48. The number of carbonyl (C=O) groups excluding carboxylic acids is 1.